The van der Waals surface area contributed by atoms with E-state index < -0.39 is 38.3 Å². The standard InChI is InChI=1S/C28H39BFNO4Si/c1-17(2)36(18(3)4,19(5)6)15-14-20-12-11-13-21-16-22(33-26(31)32)25(30)24(23(20)21)29-34-27(7,8)28(9,10)35-29/h11-13,16-19H,1-10H3,(H2,31,32). The molecule has 0 aliphatic carbocycles. The molecule has 1 heterocycles. The molecule has 0 bridgehead atoms. The first-order valence-electron chi connectivity index (χ1n) is 12.7. The summed E-state index contributed by atoms with van der Waals surface area (Å²) in [6.45, 7) is 21.2. The van der Waals surface area contributed by atoms with Crippen LogP contribution in [0.25, 0.3) is 10.8 Å². The van der Waals surface area contributed by atoms with Crippen molar-refractivity contribution in [2.24, 2.45) is 5.73 Å². The van der Waals surface area contributed by atoms with E-state index in [2.05, 4.69) is 53.0 Å². The third kappa shape index (κ3) is 4.81. The van der Waals surface area contributed by atoms with Crippen LogP contribution < -0.4 is 15.9 Å². The van der Waals surface area contributed by atoms with Crippen molar-refractivity contribution in [3.8, 4) is 17.2 Å². The fourth-order valence-corrected chi connectivity index (χ4v) is 10.7. The van der Waals surface area contributed by atoms with E-state index in [0.29, 0.717) is 33.0 Å². The highest BCUT2D eigenvalue weighted by atomic mass is 28.3. The molecule has 1 aliphatic heterocycles. The predicted molar refractivity (Wildman–Crippen MR) is 148 cm³/mol. The third-order valence-corrected chi connectivity index (χ3v) is 14.4. The number of halogens is 1. The second-order valence-corrected chi connectivity index (χ2v) is 17.2. The third-order valence-electron chi connectivity index (χ3n) is 8.08. The van der Waals surface area contributed by atoms with Gasteiger partial charge in [0.05, 0.1) is 11.2 Å². The maximum Gasteiger partial charge on any atom is 0.498 e. The second kappa shape index (κ2) is 9.85. The Kier molecular flexibility index (Phi) is 7.72. The topological polar surface area (TPSA) is 70.8 Å². The minimum absolute atomic E-state index is 0.165. The van der Waals surface area contributed by atoms with Gasteiger partial charge in [-0.05, 0) is 61.8 Å². The average molecular weight is 512 g/mol. The Morgan fingerprint density at radius 1 is 1.03 bits per heavy atom. The van der Waals surface area contributed by atoms with Crippen molar-refractivity contribution in [2.45, 2.75) is 97.1 Å². The Hall–Kier alpha value is -2.34. The zero-order valence-corrected chi connectivity index (χ0v) is 24.2. The quantitative estimate of drug-likeness (QED) is 0.378. The van der Waals surface area contributed by atoms with Crippen molar-refractivity contribution in [2.75, 3.05) is 0 Å². The van der Waals surface area contributed by atoms with Gasteiger partial charge in [0.15, 0.2) is 11.6 Å². The van der Waals surface area contributed by atoms with E-state index >= 15 is 4.39 Å². The molecule has 36 heavy (non-hydrogen) atoms. The molecule has 1 fully saturated rings. The van der Waals surface area contributed by atoms with Gasteiger partial charge < -0.3 is 19.8 Å². The summed E-state index contributed by atoms with van der Waals surface area (Å²) in [5.41, 5.74) is 9.81. The molecule has 194 valence electrons. The van der Waals surface area contributed by atoms with E-state index in [1.165, 1.54) is 6.07 Å². The van der Waals surface area contributed by atoms with Crippen molar-refractivity contribution >= 4 is 37.5 Å². The number of hydrogen-bond donors (Lipinski definition) is 1. The maximum atomic E-state index is 16.0. The largest absolute Gasteiger partial charge is 0.498 e. The summed E-state index contributed by atoms with van der Waals surface area (Å²) >= 11 is 0. The number of rotatable bonds is 5. The summed E-state index contributed by atoms with van der Waals surface area (Å²) in [6.07, 6.45) is -1.09. The van der Waals surface area contributed by atoms with Gasteiger partial charge in [0, 0.05) is 16.4 Å². The smallest absolute Gasteiger partial charge is 0.407 e. The number of benzene rings is 2. The number of primary amides is 1. The van der Waals surface area contributed by atoms with Crippen LogP contribution in [0.4, 0.5) is 9.18 Å². The molecule has 2 aromatic rings. The van der Waals surface area contributed by atoms with Crippen molar-refractivity contribution in [3.05, 3.63) is 35.6 Å². The number of carbonyl (C=O) groups is 1. The predicted octanol–water partition coefficient (Wildman–Crippen LogP) is 6.31. The van der Waals surface area contributed by atoms with Crippen LogP contribution >= 0.6 is 0 Å². The lowest BCUT2D eigenvalue weighted by molar-refractivity contribution is 0.00578. The van der Waals surface area contributed by atoms with E-state index in [1.54, 1.807) is 0 Å². The fraction of sp³-hybridized carbons (Fsp3) is 0.536. The molecule has 1 saturated heterocycles. The number of ether oxygens (including phenoxy) is 1. The fourth-order valence-electron chi connectivity index (χ4n) is 5.52. The summed E-state index contributed by atoms with van der Waals surface area (Å²) in [6, 6.07) is 7.09. The van der Waals surface area contributed by atoms with Crippen molar-refractivity contribution in [1.29, 1.82) is 0 Å². The number of carbonyl (C=O) groups excluding carboxylic acids is 1. The summed E-state index contributed by atoms with van der Waals surface area (Å²) in [7, 11) is -3.06. The lowest BCUT2D eigenvalue weighted by atomic mass is 9.74. The van der Waals surface area contributed by atoms with Crippen LogP contribution in [0.2, 0.25) is 16.6 Å². The van der Waals surface area contributed by atoms with E-state index in [4.69, 9.17) is 19.8 Å². The molecule has 5 nitrogen and oxygen atoms in total. The van der Waals surface area contributed by atoms with Gasteiger partial charge in [-0.15, -0.1) is 5.54 Å². The molecule has 0 radical (unpaired) electrons. The van der Waals surface area contributed by atoms with Crippen LogP contribution in [0.3, 0.4) is 0 Å². The molecule has 0 aromatic heterocycles. The van der Waals surface area contributed by atoms with Crippen LogP contribution in [0.5, 0.6) is 5.75 Å². The summed E-state index contributed by atoms with van der Waals surface area (Å²) in [4.78, 5) is 11.5. The Balaban J connectivity index is 2.35. The van der Waals surface area contributed by atoms with Crippen LogP contribution in [0, 0.1) is 17.3 Å². The molecule has 8 heteroatoms. The van der Waals surface area contributed by atoms with Crippen LogP contribution in [-0.4, -0.2) is 32.5 Å². The monoisotopic (exact) mass is 511 g/mol. The number of hydrogen-bond acceptors (Lipinski definition) is 4. The molecule has 3 rings (SSSR count). The van der Waals surface area contributed by atoms with E-state index in [0.717, 1.165) is 0 Å². The molecule has 1 amide bonds. The van der Waals surface area contributed by atoms with Gasteiger partial charge in [-0.3, -0.25) is 0 Å². The van der Waals surface area contributed by atoms with Crippen LogP contribution in [0.15, 0.2) is 24.3 Å². The molecule has 0 saturated carbocycles. The number of fused-ring (bicyclic) bond motifs is 1. The molecule has 0 unspecified atom stereocenters. The van der Waals surface area contributed by atoms with Crippen molar-refractivity contribution in [3.63, 3.8) is 0 Å². The minimum atomic E-state index is -2.04. The Bertz CT molecular complexity index is 1190. The first kappa shape index (κ1) is 28.2. The lowest BCUT2D eigenvalue weighted by Crippen LogP contribution is -2.43. The lowest BCUT2D eigenvalue weighted by Gasteiger charge is -2.38. The molecular formula is C28H39BFNO4Si. The van der Waals surface area contributed by atoms with E-state index in [9.17, 15) is 4.79 Å². The molecular weight excluding hydrogens is 472 g/mol. The average Bonchev–Trinajstić information content (AvgIpc) is 2.94. The van der Waals surface area contributed by atoms with Crippen molar-refractivity contribution < 1.29 is 23.2 Å². The zero-order valence-electron chi connectivity index (χ0n) is 23.2. The van der Waals surface area contributed by atoms with Crippen molar-refractivity contribution in [1.82, 2.24) is 0 Å². The number of nitrogens with two attached hydrogens (primary N) is 1. The SMILES string of the molecule is CC(C)[Si](C#Cc1cccc2cc(OC(N)=O)c(F)c(B3OC(C)(C)C(C)(C)O3)c12)(C(C)C)C(C)C. The molecule has 2 N–H and O–H groups in total. The minimum Gasteiger partial charge on any atom is -0.407 e. The summed E-state index contributed by atoms with van der Waals surface area (Å²) < 4.78 is 33.5. The normalized spacial score (nSPS) is 17.1. The zero-order chi connectivity index (χ0) is 27.2. The van der Waals surface area contributed by atoms with E-state index in [-0.39, 0.29) is 11.2 Å². The van der Waals surface area contributed by atoms with E-state index in [1.807, 2.05) is 45.9 Å². The Morgan fingerprint density at radius 2 is 1.56 bits per heavy atom. The highest BCUT2D eigenvalue weighted by Gasteiger charge is 2.53. The van der Waals surface area contributed by atoms with Gasteiger partial charge >= 0.3 is 13.2 Å². The van der Waals surface area contributed by atoms with Gasteiger partial charge in [0.1, 0.15) is 8.07 Å². The van der Waals surface area contributed by atoms with Gasteiger partial charge in [-0.1, -0.05) is 59.6 Å². The van der Waals surface area contributed by atoms with Gasteiger partial charge in [-0.2, -0.15) is 0 Å². The maximum absolute atomic E-state index is 16.0. The van der Waals surface area contributed by atoms with Crippen LogP contribution in [-0.2, 0) is 9.31 Å². The van der Waals surface area contributed by atoms with Gasteiger partial charge in [0.25, 0.3) is 0 Å². The first-order chi connectivity index (χ1) is 16.5. The Morgan fingerprint density at radius 3 is 2.03 bits per heavy atom. The van der Waals surface area contributed by atoms with Gasteiger partial charge in [-0.25, -0.2) is 9.18 Å². The van der Waals surface area contributed by atoms with Gasteiger partial charge in [0.2, 0.25) is 0 Å². The second-order valence-electron chi connectivity index (χ2n) is 11.7. The summed E-state index contributed by atoms with van der Waals surface area (Å²) in [5, 5.41) is 1.26. The molecule has 0 atom stereocenters. The van der Waals surface area contributed by atoms with Crippen LogP contribution in [0.1, 0.15) is 74.8 Å². The first-order valence-corrected chi connectivity index (χ1v) is 14.9. The molecule has 2 aromatic carbocycles. The summed E-state index contributed by atoms with van der Waals surface area (Å²) in [5.74, 6) is 2.46. The number of amides is 1. The molecule has 1 aliphatic rings. The molecule has 0 spiro atoms. The highest BCUT2D eigenvalue weighted by molar-refractivity contribution is 6.90. The Labute approximate surface area is 216 Å². The highest BCUT2D eigenvalue weighted by Crippen LogP contribution is 2.41.